The standard InChI is InChI=1S/C13H10BrN3/c1-8-6-12(17-13(14)16-8)10-7-15-11-5-3-2-4-9(10)11/h2-7,15H,1H3. The van der Waals surface area contributed by atoms with Crippen LogP contribution in [0.5, 0.6) is 0 Å². The van der Waals surface area contributed by atoms with Crippen molar-refractivity contribution in [1.82, 2.24) is 15.0 Å². The van der Waals surface area contributed by atoms with Gasteiger partial charge in [0.1, 0.15) is 0 Å². The molecule has 2 heterocycles. The molecule has 0 aliphatic carbocycles. The molecule has 0 saturated carbocycles. The summed E-state index contributed by atoms with van der Waals surface area (Å²) in [5.74, 6) is 0. The Hall–Kier alpha value is -1.68. The summed E-state index contributed by atoms with van der Waals surface area (Å²) in [7, 11) is 0. The van der Waals surface area contributed by atoms with E-state index in [4.69, 9.17) is 0 Å². The van der Waals surface area contributed by atoms with Gasteiger partial charge in [-0.05, 0) is 35.0 Å². The highest BCUT2D eigenvalue weighted by Crippen LogP contribution is 2.27. The third kappa shape index (κ3) is 1.85. The minimum absolute atomic E-state index is 0.623. The Labute approximate surface area is 107 Å². The Bertz CT molecular complexity index is 668. The fourth-order valence-corrected chi connectivity index (χ4v) is 2.42. The van der Waals surface area contributed by atoms with Crippen molar-refractivity contribution in [3.8, 4) is 11.3 Å². The van der Waals surface area contributed by atoms with Gasteiger partial charge >= 0.3 is 0 Å². The van der Waals surface area contributed by atoms with Crippen LogP contribution in [0.25, 0.3) is 22.2 Å². The van der Waals surface area contributed by atoms with Crippen molar-refractivity contribution in [2.45, 2.75) is 6.92 Å². The minimum Gasteiger partial charge on any atom is -0.360 e. The van der Waals surface area contributed by atoms with Gasteiger partial charge in [0.05, 0.1) is 5.69 Å². The number of benzene rings is 1. The van der Waals surface area contributed by atoms with Crippen molar-refractivity contribution in [2.75, 3.05) is 0 Å². The molecular formula is C13H10BrN3. The van der Waals surface area contributed by atoms with Crippen molar-refractivity contribution in [3.05, 3.63) is 47.0 Å². The molecule has 3 aromatic rings. The molecule has 3 rings (SSSR count). The van der Waals surface area contributed by atoms with E-state index in [-0.39, 0.29) is 0 Å². The largest absolute Gasteiger partial charge is 0.360 e. The number of nitrogens with one attached hydrogen (secondary N) is 1. The Balaban J connectivity index is 2.27. The van der Waals surface area contributed by atoms with Gasteiger partial charge in [-0.2, -0.15) is 0 Å². The minimum atomic E-state index is 0.623. The number of aromatic nitrogens is 3. The first kappa shape index (κ1) is 10.5. The average Bonchev–Trinajstić information content (AvgIpc) is 2.71. The summed E-state index contributed by atoms with van der Waals surface area (Å²) in [5.41, 5.74) is 4.11. The SMILES string of the molecule is Cc1cc(-c2c[nH]c3ccccc23)nc(Br)n1. The maximum absolute atomic E-state index is 4.41. The van der Waals surface area contributed by atoms with Gasteiger partial charge in [0, 0.05) is 28.4 Å². The molecular weight excluding hydrogens is 278 g/mol. The van der Waals surface area contributed by atoms with Gasteiger partial charge in [0.15, 0.2) is 4.73 Å². The number of hydrogen-bond acceptors (Lipinski definition) is 2. The predicted molar refractivity (Wildman–Crippen MR) is 71.8 cm³/mol. The van der Waals surface area contributed by atoms with Gasteiger partial charge in [0.2, 0.25) is 0 Å². The normalized spacial score (nSPS) is 10.9. The second kappa shape index (κ2) is 3.96. The molecule has 0 atom stereocenters. The molecule has 0 amide bonds. The lowest BCUT2D eigenvalue weighted by molar-refractivity contribution is 1.06. The molecule has 1 aromatic carbocycles. The first-order chi connectivity index (χ1) is 8.24. The first-order valence-corrected chi connectivity index (χ1v) is 6.11. The van der Waals surface area contributed by atoms with Crippen molar-refractivity contribution in [2.24, 2.45) is 0 Å². The lowest BCUT2D eigenvalue weighted by Crippen LogP contribution is -1.90. The summed E-state index contributed by atoms with van der Waals surface area (Å²) in [6.07, 6.45) is 1.98. The lowest BCUT2D eigenvalue weighted by atomic mass is 10.1. The molecule has 17 heavy (non-hydrogen) atoms. The van der Waals surface area contributed by atoms with Gasteiger partial charge in [-0.15, -0.1) is 0 Å². The van der Waals surface area contributed by atoms with E-state index in [9.17, 15) is 0 Å². The van der Waals surface area contributed by atoms with Crippen LogP contribution in [0.15, 0.2) is 41.3 Å². The monoisotopic (exact) mass is 287 g/mol. The number of hydrogen-bond donors (Lipinski definition) is 1. The molecule has 84 valence electrons. The fraction of sp³-hybridized carbons (Fsp3) is 0.0769. The molecule has 0 radical (unpaired) electrons. The number of halogens is 1. The number of nitrogens with zero attached hydrogens (tertiary/aromatic N) is 2. The number of aromatic amines is 1. The smallest absolute Gasteiger partial charge is 0.197 e. The number of H-pyrrole nitrogens is 1. The van der Waals surface area contributed by atoms with Crippen LogP contribution in [0, 0.1) is 6.92 Å². The van der Waals surface area contributed by atoms with Crippen LogP contribution in [-0.4, -0.2) is 15.0 Å². The second-order valence-electron chi connectivity index (χ2n) is 3.91. The highest BCUT2D eigenvalue weighted by molar-refractivity contribution is 9.10. The van der Waals surface area contributed by atoms with Crippen molar-refractivity contribution in [3.63, 3.8) is 0 Å². The number of fused-ring (bicyclic) bond motifs is 1. The highest BCUT2D eigenvalue weighted by Gasteiger charge is 2.08. The summed E-state index contributed by atoms with van der Waals surface area (Å²) in [6, 6.07) is 10.2. The summed E-state index contributed by atoms with van der Waals surface area (Å²) in [4.78, 5) is 11.9. The Morgan fingerprint density at radius 3 is 2.82 bits per heavy atom. The molecule has 0 saturated heterocycles. The van der Waals surface area contributed by atoms with Crippen LogP contribution in [0.3, 0.4) is 0 Å². The Kier molecular flexibility index (Phi) is 2.44. The van der Waals surface area contributed by atoms with E-state index in [1.807, 2.05) is 31.3 Å². The maximum Gasteiger partial charge on any atom is 0.197 e. The molecule has 3 nitrogen and oxygen atoms in total. The van der Waals surface area contributed by atoms with E-state index in [1.54, 1.807) is 0 Å². The van der Waals surface area contributed by atoms with Gasteiger partial charge in [0.25, 0.3) is 0 Å². The average molecular weight is 288 g/mol. The fourth-order valence-electron chi connectivity index (χ4n) is 1.95. The van der Waals surface area contributed by atoms with Crippen LogP contribution in [0.2, 0.25) is 0 Å². The van der Waals surface area contributed by atoms with E-state index < -0.39 is 0 Å². The Morgan fingerprint density at radius 1 is 1.18 bits per heavy atom. The van der Waals surface area contributed by atoms with Gasteiger partial charge < -0.3 is 4.98 Å². The van der Waals surface area contributed by atoms with Crippen LogP contribution in [0.1, 0.15) is 5.69 Å². The van der Waals surface area contributed by atoms with Crippen LogP contribution >= 0.6 is 15.9 Å². The van der Waals surface area contributed by atoms with E-state index in [1.165, 1.54) is 5.39 Å². The Morgan fingerprint density at radius 2 is 2.00 bits per heavy atom. The molecule has 2 aromatic heterocycles. The zero-order valence-corrected chi connectivity index (χ0v) is 10.8. The summed E-state index contributed by atoms with van der Waals surface area (Å²) in [6.45, 7) is 1.96. The lowest BCUT2D eigenvalue weighted by Gasteiger charge is -2.01. The molecule has 0 aliphatic heterocycles. The highest BCUT2D eigenvalue weighted by atomic mass is 79.9. The molecule has 0 unspecified atom stereocenters. The third-order valence-corrected chi connectivity index (χ3v) is 3.05. The quantitative estimate of drug-likeness (QED) is 0.694. The van der Waals surface area contributed by atoms with Gasteiger partial charge in [-0.25, -0.2) is 9.97 Å². The molecule has 4 heteroatoms. The maximum atomic E-state index is 4.41. The topological polar surface area (TPSA) is 41.6 Å². The predicted octanol–water partition coefficient (Wildman–Crippen LogP) is 3.70. The van der Waals surface area contributed by atoms with Crippen molar-refractivity contribution < 1.29 is 0 Å². The third-order valence-electron chi connectivity index (χ3n) is 2.69. The van der Waals surface area contributed by atoms with E-state index >= 15 is 0 Å². The second-order valence-corrected chi connectivity index (χ2v) is 4.62. The summed E-state index contributed by atoms with van der Waals surface area (Å²) >= 11 is 3.33. The number of rotatable bonds is 1. The molecule has 0 aliphatic rings. The van der Waals surface area contributed by atoms with E-state index in [0.29, 0.717) is 4.73 Å². The van der Waals surface area contributed by atoms with E-state index in [2.05, 4.69) is 43.0 Å². The number of aryl methyl sites for hydroxylation is 1. The summed E-state index contributed by atoms with van der Waals surface area (Å²) < 4.78 is 0.623. The van der Waals surface area contributed by atoms with Gasteiger partial charge in [-0.3, -0.25) is 0 Å². The summed E-state index contributed by atoms with van der Waals surface area (Å²) in [5, 5.41) is 1.18. The first-order valence-electron chi connectivity index (χ1n) is 5.32. The molecule has 0 bridgehead atoms. The van der Waals surface area contributed by atoms with Crippen molar-refractivity contribution in [1.29, 1.82) is 0 Å². The van der Waals surface area contributed by atoms with Gasteiger partial charge in [-0.1, -0.05) is 18.2 Å². The van der Waals surface area contributed by atoms with Crippen LogP contribution in [0.4, 0.5) is 0 Å². The van der Waals surface area contributed by atoms with E-state index in [0.717, 1.165) is 22.5 Å². The molecule has 0 spiro atoms. The zero-order chi connectivity index (χ0) is 11.8. The number of para-hydroxylation sites is 1. The zero-order valence-electron chi connectivity index (χ0n) is 9.24. The van der Waals surface area contributed by atoms with Crippen LogP contribution < -0.4 is 0 Å². The molecule has 1 N–H and O–H groups in total. The molecule has 0 fully saturated rings. The van der Waals surface area contributed by atoms with Crippen LogP contribution in [-0.2, 0) is 0 Å². The van der Waals surface area contributed by atoms with Crippen molar-refractivity contribution >= 4 is 26.8 Å².